The molecule has 6 nitrogen and oxygen atoms in total. The molecule has 0 aromatic heterocycles. The molecule has 2 amide bonds. The van der Waals surface area contributed by atoms with Gasteiger partial charge < -0.3 is 10.1 Å². The van der Waals surface area contributed by atoms with Crippen LogP contribution in [0.2, 0.25) is 0 Å². The van der Waals surface area contributed by atoms with Gasteiger partial charge in [0.1, 0.15) is 5.75 Å². The number of benzene rings is 3. The summed E-state index contributed by atoms with van der Waals surface area (Å²) in [6, 6.07) is 21.6. The van der Waals surface area contributed by atoms with E-state index in [1.807, 2.05) is 68.6 Å². The van der Waals surface area contributed by atoms with Gasteiger partial charge in [-0.25, -0.2) is 0 Å². The lowest BCUT2D eigenvalue weighted by molar-refractivity contribution is -0.596. The number of hydrazine groups is 1. The Bertz CT molecular complexity index is 1170. The lowest BCUT2D eigenvalue weighted by Crippen LogP contribution is -2.42. The Labute approximate surface area is 187 Å². The van der Waals surface area contributed by atoms with Crippen LogP contribution in [0.4, 0.5) is 0 Å². The van der Waals surface area contributed by atoms with Crippen LogP contribution in [0.3, 0.4) is 0 Å². The number of rotatable bonds is 5. The molecule has 1 saturated heterocycles. The highest BCUT2D eigenvalue weighted by atomic mass is 16.5. The number of amides is 2. The SMILES string of the molecule is COc1ccc(C(=O)N[C@H]2C(=O)N/[N+](=C\c3ccccc3C)[C@H]2c2ccc(C)cc2)cc1. The first-order valence-electron chi connectivity index (χ1n) is 10.5. The van der Waals surface area contributed by atoms with Gasteiger partial charge >= 0.3 is 5.91 Å². The van der Waals surface area contributed by atoms with E-state index in [-0.39, 0.29) is 11.8 Å². The zero-order chi connectivity index (χ0) is 22.7. The molecule has 2 N–H and O–H groups in total. The van der Waals surface area contributed by atoms with Crippen LogP contribution in [0, 0.1) is 13.8 Å². The molecule has 1 fully saturated rings. The van der Waals surface area contributed by atoms with Crippen molar-refractivity contribution < 1.29 is 19.0 Å². The van der Waals surface area contributed by atoms with E-state index in [2.05, 4.69) is 10.7 Å². The lowest BCUT2D eigenvalue weighted by atomic mass is 9.98. The van der Waals surface area contributed by atoms with Crippen molar-refractivity contribution in [3.63, 3.8) is 0 Å². The van der Waals surface area contributed by atoms with Crippen molar-refractivity contribution in [1.29, 1.82) is 0 Å². The molecule has 162 valence electrons. The van der Waals surface area contributed by atoms with E-state index >= 15 is 0 Å². The predicted molar refractivity (Wildman–Crippen MR) is 123 cm³/mol. The van der Waals surface area contributed by atoms with Gasteiger partial charge in [0, 0.05) is 16.7 Å². The molecule has 3 aromatic rings. The fraction of sp³-hybridized carbons (Fsp3) is 0.192. The second-order valence-electron chi connectivity index (χ2n) is 7.90. The number of carbonyl (C=O) groups excluding carboxylic acids is 2. The quantitative estimate of drug-likeness (QED) is 0.613. The van der Waals surface area contributed by atoms with Crippen molar-refractivity contribution >= 4 is 18.0 Å². The zero-order valence-corrected chi connectivity index (χ0v) is 18.3. The van der Waals surface area contributed by atoms with Crippen LogP contribution >= 0.6 is 0 Å². The Morgan fingerprint density at radius 1 is 1.00 bits per heavy atom. The molecule has 2 atom stereocenters. The van der Waals surface area contributed by atoms with Gasteiger partial charge in [0.05, 0.1) is 7.11 Å². The van der Waals surface area contributed by atoms with Gasteiger partial charge in [-0.2, -0.15) is 0 Å². The van der Waals surface area contributed by atoms with E-state index < -0.39 is 12.1 Å². The molecule has 0 bridgehead atoms. The number of hydrogen-bond acceptors (Lipinski definition) is 3. The van der Waals surface area contributed by atoms with Crippen molar-refractivity contribution in [2.45, 2.75) is 25.9 Å². The summed E-state index contributed by atoms with van der Waals surface area (Å²) in [5, 5.41) is 2.92. The minimum absolute atomic E-state index is 0.262. The largest absolute Gasteiger partial charge is 0.497 e. The number of carbonyl (C=O) groups is 2. The van der Waals surface area contributed by atoms with Crippen molar-refractivity contribution in [1.82, 2.24) is 10.7 Å². The van der Waals surface area contributed by atoms with Crippen molar-refractivity contribution in [3.05, 3.63) is 101 Å². The highest BCUT2D eigenvalue weighted by Gasteiger charge is 2.47. The monoisotopic (exact) mass is 428 g/mol. The Morgan fingerprint density at radius 2 is 1.69 bits per heavy atom. The summed E-state index contributed by atoms with van der Waals surface area (Å²) in [4.78, 5) is 25.9. The number of methoxy groups -OCH3 is 1. The highest BCUT2D eigenvalue weighted by Crippen LogP contribution is 2.26. The smallest absolute Gasteiger partial charge is 0.304 e. The Balaban J connectivity index is 1.69. The molecule has 32 heavy (non-hydrogen) atoms. The summed E-state index contributed by atoms with van der Waals surface area (Å²) < 4.78 is 6.94. The maximum Gasteiger partial charge on any atom is 0.304 e. The molecular weight excluding hydrogens is 402 g/mol. The molecule has 0 spiro atoms. The highest BCUT2D eigenvalue weighted by molar-refractivity contribution is 5.98. The van der Waals surface area contributed by atoms with Crippen LogP contribution in [0.1, 0.15) is 38.7 Å². The Kier molecular flexibility index (Phi) is 6.03. The average Bonchev–Trinajstić information content (AvgIpc) is 3.10. The number of aryl methyl sites for hydroxylation is 2. The molecule has 0 aliphatic carbocycles. The molecule has 1 aliphatic rings. The summed E-state index contributed by atoms with van der Waals surface area (Å²) in [5.41, 5.74) is 7.52. The molecule has 4 rings (SSSR count). The topological polar surface area (TPSA) is 70.4 Å². The standard InChI is InChI=1S/C26H25N3O3/c1-17-8-10-19(11-9-17)24-23(27-25(30)20-12-14-22(32-3)15-13-20)26(31)28-29(24)16-21-7-5-4-6-18(21)2/h4-16,23-24H,1-3H3,(H-,27,28,30,31)/p+1/b29-16-/t23-,24+/m1/s1. The van der Waals surface area contributed by atoms with E-state index in [9.17, 15) is 9.59 Å². The molecule has 1 aliphatic heterocycles. The summed E-state index contributed by atoms with van der Waals surface area (Å²) in [5.74, 6) is 0.0848. The van der Waals surface area contributed by atoms with Crippen molar-refractivity contribution in [2.24, 2.45) is 0 Å². The van der Waals surface area contributed by atoms with E-state index in [0.29, 0.717) is 11.3 Å². The summed E-state index contributed by atoms with van der Waals surface area (Å²) in [6.45, 7) is 4.04. The minimum atomic E-state index is -0.757. The van der Waals surface area contributed by atoms with Gasteiger partial charge in [-0.05, 0) is 49.7 Å². The first-order chi connectivity index (χ1) is 15.5. The van der Waals surface area contributed by atoms with Gasteiger partial charge in [0.15, 0.2) is 6.04 Å². The molecule has 0 unspecified atom stereocenters. The number of nitrogens with one attached hydrogen (secondary N) is 2. The lowest BCUT2D eigenvalue weighted by Gasteiger charge is -2.15. The van der Waals surface area contributed by atoms with E-state index in [1.165, 1.54) is 0 Å². The van der Waals surface area contributed by atoms with Crippen LogP contribution in [-0.2, 0) is 4.79 Å². The third-order valence-corrected chi connectivity index (χ3v) is 5.66. The van der Waals surface area contributed by atoms with Crippen LogP contribution in [0.25, 0.3) is 0 Å². The molecule has 3 aromatic carbocycles. The fourth-order valence-electron chi connectivity index (χ4n) is 3.79. The normalized spacial score (nSPS) is 19.0. The number of hydrazone groups is 1. The van der Waals surface area contributed by atoms with Crippen LogP contribution < -0.4 is 15.5 Å². The summed E-state index contributed by atoms with van der Waals surface area (Å²) in [7, 11) is 1.57. The number of hydrogen-bond donors (Lipinski definition) is 2. The Morgan fingerprint density at radius 3 is 2.34 bits per heavy atom. The van der Waals surface area contributed by atoms with Gasteiger partial charge in [-0.15, -0.1) is 10.1 Å². The second kappa shape index (κ2) is 9.06. The van der Waals surface area contributed by atoms with E-state index in [4.69, 9.17) is 4.74 Å². The fourth-order valence-corrected chi connectivity index (χ4v) is 3.79. The first kappa shape index (κ1) is 21.3. The molecular formula is C26H26N3O3+. The van der Waals surface area contributed by atoms with Gasteiger partial charge in [-0.3, -0.25) is 9.59 Å². The van der Waals surface area contributed by atoms with Gasteiger partial charge in [0.2, 0.25) is 12.3 Å². The van der Waals surface area contributed by atoms with Crippen LogP contribution in [-0.4, -0.2) is 35.9 Å². The zero-order valence-electron chi connectivity index (χ0n) is 18.3. The summed E-state index contributed by atoms with van der Waals surface area (Å²) in [6.07, 6.45) is 1.91. The van der Waals surface area contributed by atoms with Gasteiger partial charge in [-0.1, -0.05) is 48.0 Å². The number of nitrogens with zero attached hydrogens (tertiary/aromatic N) is 1. The minimum Gasteiger partial charge on any atom is -0.497 e. The van der Waals surface area contributed by atoms with Gasteiger partial charge in [0.25, 0.3) is 5.91 Å². The average molecular weight is 429 g/mol. The maximum absolute atomic E-state index is 13.0. The van der Waals surface area contributed by atoms with Crippen LogP contribution in [0.5, 0.6) is 5.75 Å². The molecule has 0 saturated carbocycles. The van der Waals surface area contributed by atoms with E-state index in [0.717, 1.165) is 22.3 Å². The first-order valence-corrected chi connectivity index (χ1v) is 10.5. The Hall–Kier alpha value is -3.93. The molecule has 0 radical (unpaired) electrons. The van der Waals surface area contributed by atoms with Crippen molar-refractivity contribution in [3.8, 4) is 5.75 Å². The molecule has 6 heteroatoms. The van der Waals surface area contributed by atoms with Crippen LogP contribution in [0.15, 0.2) is 72.8 Å². The maximum atomic E-state index is 13.0. The van der Waals surface area contributed by atoms with Crippen molar-refractivity contribution in [2.75, 3.05) is 7.11 Å². The second-order valence-corrected chi connectivity index (χ2v) is 7.90. The molecule has 1 heterocycles. The third kappa shape index (κ3) is 4.39. The van der Waals surface area contributed by atoms with E-state index in [1.54, 1.807) is 36.1 Å². The third-order valence-electron chi connectivity index (χ3n) is 5.66. The summed E-state index contributed by atoms with van der Waals surface area (Å²) >= 11 is 0. The predicted octanol–water partition coefficient (Wildman–Crippen LogP) is 3.33. The number of ether oxygens (including phenoxy) is 1.